The molecule has 1 unspecified atom stereocenters. The van der Waals surface area contributed by atoms with Gasteiger partial charge in [-0.1, -0.05) is 18.2 Å². The first-order chi connectivity index (χ1) is 10.3. The van der Waals surface area contributed by atoms with Crippen LogP contribution in [0, 0.1) is 0 Å². The molecule has 0 fully saturated rings. The quantitative estimate of drug-likeness (QED) is 0.559. The molecular weight excluding hydrogens is 296 g/mol. The van der Waals surface area contributed by atoms with Gasteiger partial charge >= 0.3 is 0 Å². The summed E-state index contributed by atoms with van der Waals surface area (Å²) in [4.78, 5) is 2.96. The second-order valence-corrected chi connectivity index (χ2v) is 7.71. The lowest BCUT2D eigenvalue weighted by molar-refractivity contribution is 0.562. The van der Waals surface area contributed by atoms with Crippen molar-refractivity contribution in [2.45, 2.75) is 31.7 Å². The van der Waals surface area contributed by atoms with Crippen LogP contribution in [0.5, 0.6) is 0 Å². The third kappa shape index (κ3) is 2.42. The number of fused-ring (bicyclic) bond motifs is 2. The summed E-state index contributed by atoms with van der Waals surface area (Å²) >= 11 is 3.76. The summed E-state index contributed by atoms with van der Waals surface area (Å²) < 4.78 is 1.36. The monoisotopic (exact) mass is 314 g/mol. The van der Waals surface area contributed by atoms with Gasteiger partial charge in [0.2, 0.25) is 0 Å². The fourth-order valence-corrected chi connectivity index (χ4v) is 5.47. The Labute approximate surface area is 132 Å². The molecule has 0 bridgehead atoms. The van der Waals surface area contributed by atoms with Crippen LogP contribution in [-0.2, 0) is 19.3 Å². The molecule has 4 rings (SSSR count). The average molecular weight is 314 g/mol. The largest absolute Gasteiger partial charge is 0.271 e. The molecule has 2 heterocycles. The van der Waals surface area contributed by atoms with E-state index in [2.05, 4.69) is 41.1 Å². The van der Waals surface area contributed by atoms with Crippen molar-refractivity contribution in [1.82, 2.24) is 5.43 Å². The topological polar surface area (TPSA) is 38.0 Å². The Morgan fingerprint density at radius 1 is 1.24 bits per heavy atom. The lowest BCUT2D eigenvalue weighted by atomic mass is 10.0. The Kier molecular flexibility index (Phi) is 3.55. The van der Waals surface area contributed by atoms with Gasteiger partial charge in [-0.3, -0.25) is 11.3 Å². The van der Waals surface area contributed by atoms with Crippen molar-refractivity contribution in [3.8, 4) is 0 Å². The van der Waals surface area contributed by atoms with Crippen LogP contribution in [0.4, 0.5) is 0 Å². The molecule has 4 heteroatoms. The van der Waals surface area contributed by atoms with Gasteiger partial charge in [0.25, 0.3) is 0 Å². The fraction of sp³-hybridized carbons (Fsp3) is 0.294. The van der Waals surface area contributed by atoms with Crippen molar-refractivity contribution in [2.24, 2.45) is 5.84 Å². The highest BCUT2D eigenvalue weighted by atomic mass is 32.1. The molecule has 3 aromatic rings. The standard InChI is InChI=1S/C17H18N2S2/c18-19-14(17-9-11-4-3-7-15(11)21-17)8-12-10-20-16-6-2-1-5-13(12)16/h1-2,5-6,9-10,14,19H,3-4,7-8,18H2. The minimum Gasteiger partial charge on any atom is -0.271 e. The number of thiophene rings is 2. The molecule has 1 aromatic carbocycles. The van der Waals surface area contributed by atoms with Crippen molar-refractivity contribution < 1.29 is 0 Å². The molecule has 0 radical (unpaired) electrons. The van der Waals surface area contributed by atoms with E-state index in [9.17, 15) is 0 Å². The fourth-order valence-electron chi connectivity index (χ4n) is 3.18. The highest BCUT2D eigenvalue weighted by Gasteiger charge is 2.20. The number of rotatable bonds is 4. The second-order valence-electron chi connectivity index (χ2n) is 5.63. The molecule has 0 aliphatic heterocycles. The molecule has 0 amide bonds. The van der Waals surface area contributed by atoms with Gasteiger partial charge < -0.3 is 0 Å². The second kappa shape index (κ2) is 5.54. The summed E-state index contributed by atoms with van der Waals surface area (Å²) in [6.07, 6.45) is 4.76. The van der Waals surface area contributed by atoms with Crippen LogP contribution in [0.3, 0.4) is 0 Å². The predicted molar refractivity (Wildman–Crippen MR) is 91.9 cm³/mol. The summed E-state index contributed by atoms with van der Waals surface area (Å²) in [6, 6.07) is 11.2. The number of hydrogen-bond acceptors (Lipinski definition) is 4. The number of benzene rings is 1. The van der Waals surface area contributed by atoms with E-state index in [0.29, 0.717) is 0 Å². The molecule has 2 aromatic heterocycles. The Hall–Kier alpha value is -1.20. The highest BCUT2D eigenvalue weighted by molar-refractivity contribution is 7.17. The molecule has 0 saturated carbocycles. The van der Waals surface area contributed by atoms with Gasteiger partial charge in [-0.15, -0.1) is 22.7 Å². The van der Waals surface area contributed by atoms with E-state index < -0.39 is 0 Å². The van der Waals surface area contributed by atoms with Crippen LogP contribution in [0.1, 0.15) is 33.3 Å². The maximum Gasteiger partial charge on any atom is 0.0594 e. The first-order valence-corrected chi connectivity index (χ1v) is 9.07. The maximum absolute atomic E-state index is 5.84. The summed E-state index contributed by atoms with van der Waals surface area (Å²) in [5, 5.41) is 3.64. The minimum atomic E-state index is 0.221. The zero-order valence-corrected chi connectivity index (χ0v) is 13.4. The zero-order valence-electron chi connectivity index (χ0n) is 11.8. The van der Waals surface area contributed by atoms with Gasteiger partial charge in [0.05, 0.1) is 6.04 Å². The molecule has 21 heavy (non-hydrogen) atoms. The lowest BCUT2D eigenvalue weighted by Crippen LogP contribution is -2.28. The van der Waals surface area contributed by atoms with Gasteiger partial charge in [-0.2, -0.15) is 0 Å². The Morgan fingerprint density at radius 2 is 2.14 bits per heavy atom. The number of nitrogens with two attached hydrogens (primary N) is 1. The Bertz CT molecular complexity index is 751. The van der Waals surface area contributed by atoms with Crippen LogP contribution >= 0.6 is 22.7 Å². The Morgan fingerprint density at radius 3 is 3.00 bits per heavy atom. The van der Waals surface area contributed by atoms with Gasteiger partial charge in [-0.25, -0.2) is 0 Å². The van der Waals surface area contributed by atoms with Crippen molar-refractivity contribution in [3.05, 3.63) is 56.6 Å². The number of aryl methyl sites for hydroxylation is 2. The smallest absolute Gasteiger partial charge is 0.0594 e. The highest BCUT2D eigenvalue weighted by Crippen LogP contribution is 2.36. The minimum absolute atomic E-state index is 0.221. The first kappa shape index (κ1) is 13.5. The van der Waals surface area contributed by atoms with Gasteiger partial charge in [0, 0.05) is 14.5 Å². The van der Waals surface area contributed by atoms with Crippen molar-refractivity contribution in [3.63, 3.8) is 0 Å². The van der Waals surface area contributed by atoms with E-state index in [4.69, 9.17) is 5.84 Å². The van der Waals surface area contributed by atoms with E-state index >= 15 is 0 Å². The maximum atomic E-state index is 5.84. The van der Waals surface area contributed by atoms with Crippen molar-refractivity contribution in [2.75, 3.05) is 0 Å². The third-order valence-corrected chi connectivity index (χ3v) is 6.66. The molecular formula is C17H18N2S2. The number of nitrogens with one attached hydrogen (secondary N) is 1. The summed E-state index contributed by atoms with van der Waals surface area (Å²) in [7, 11) is 0. The molecule has 1 aliphatic rings. The van der Waals surface area contributed by atoms with E-state index in [0.717, 1.165) is 6.42 Å². The summed E-state index contributed by atoms with van der Waals surface area (Å²) in [6.45, 7) is 0. The van der Waals surface area contributed by atoms with E-state index in [1.807, 2.05) is 22.7 Å². The SMILES string of the molecule is NNC(Cc1csc2ccccc12)c1cc2c(s1)CCC2. The molecule has 0 saturated heterocycles. The van der Waals surface area contributed by atoms with Crippen molar-refractivity contribution in [1.29, 1.82) is 0 Å². The Balaban J connectivity index is 1.64. The number of hydrazine groups is 1. The van der Waals surface area contributed by atoms with Gasteiger partial charge in [-0.05, 0) is 59.7 Å². The predicted octanol–water partition coefficient (Wildman–Crippen LogP) is 4.20. The molecule has 0 spiro atoms. The van der Waals surface area contributed by atoms with E-state index in [1.165, 1.54) is 39.8 Å². The van der Waals surface area contributed by atoms with E-state index in [1.54, 1.807) is 10.4 Å². The van der Waals surface area contributed by atoms with Crippen LogP contribution in [0.2, 0.25) is 0 Å². The summed E-state index contributed by atoms with van der Waals surface area (Å²) in [5.41, 5.74) is 5.97. The zero-order chi connectivity index (χ0) is 14.2. The molecule has 1 atom stereocenters. The number of hydrogen-bond donors (Lipinski definition) is 2. The van der Waals surface area contributed by atoms with Crippen LogP contribution in [0.25, 0.3) is 10.1 Å². The third-order valence-electron chi connectivity index (χ3n) is 4.30. The molecule has 3 N–H and O–H groups in total. The molecule has 108 valence electrons. The van der Waals surface area contributed by atoms with E-state index in [-0.39, 0.29) is 6.04 Å². The van der Waals surface area contributed by atoms with Crippen LogP contribution in [-0.4, -0.2) is 0 Å². The van der Waals surface area contributed by atoms with Crippen LogP contribution < -0.4 is 11.3 Å². The molecule has 2 nitrogen and oxygen atoms in total. The lowest BCUT2D eigenvalue weighted by Gasteiger charge is -2.14. The van der Waals surface area contributed by atoms with Gasteiger partial charge in [0.1, 0.15) is 0 Å². The first-order valence-electron chi connectivity index (χ1n) is 7.38. The van der Waals surface area contributed by atoms with Gasteiger partial charge in [0.15, 0.2) is 0 Å². The average Bonchev–Trinajstić information content (AvgIpc) is 3.19. The normalized spacial score (nSPS) is 15.5. The van der Waals surface area contributed by atoms with Crippen molar-refractivity contribution >= 4 is 32.8 Å². The summed E-state index contributed by atoms with van der Waals surface area (Å²) in [5.74, 6) is 5.84. The van der Waals surface area contributed by atoms with Crippen LogP contribution in [0.15, 0.2) is 35.7 Å². The molecule has 1 aliphatic carbocycles.